The first-order valence-electron chi connectivity index (χ1n) is 2.88. The van der Waals surface area contributed by atoms with Crippen molar-refractivity contribution < 1.29 is 5.11 Å². The van der Waals surface area contributed by atoms with Gasteiger partial charge in [-0.1, -0.05) is 6.08 Å². The van der Waals surface area contributed by atoms with E-state index < -0.39 is 5.72 Å². The van der Waals surface area contributed by atoms with Crippen LogP contribution in [-0.2, 0) is 0 Å². The predicted octanol–water partition coefficient (Wildman–Crippen LogP) is 0.762. The van der Waals surface area contributed by atoms with Crippen molar-refractivity contribution in [3.8, 4) is 0 Å². The Kier molecular flexibility index (Phi) is 1.55. The number of hydrogen-bond acceptors (Lipinski definition) is 3. The van der Waals surface area contributed by atoms with Crippen LogP contribution in [0.25, 0.3) is 0 Å². The van der Waals surface area contributed by atoms with Crippen LogP contribution in [0.3, 0.4) is 0 Å². The lowest BCUT2D eigenvalue weighted by molar-refractivity contribution is -0.0241. The number of nitrogens with zero attached hydrogens (tertiary/aromatic N) is 2. The van der Waals surface area contributed by atoms with Crippen molar-refractivity contribution in [2.75, 3.05) is 0 Å². The molecule has 0 bridgehead atoms. The molecule has 0 aliphatic carbocycles. The Morgan fingerprint density at radius 1 is 1.60 bits per heavy atom. The van der Waals surface area contributed by atoms with Crippen LogP contribution in [0.4, 0.5) is 0 Å². The highest BCUT2D eigenvalue weighted by Crippen LogP contribution is 2.17. The summed E-state index contributed by atoms with van der Waals surface area (Å²) in [6.45, 7) is 1.48. The van der Waals surface area contributed by atoms with Gasteiger partial charge in [-0.3, -0.25) is 0 Å². The van der Waals surface area contributed by atoms with Crippen LogP contribution < -0.4 is 0 Å². The maximum absolute atomic E-state index is 10.0. The van der Waals surface area contributed by atoms with E-state index in [1.165, 1.54) is 19.2 Å². The van der Waals surface area contributed by atoms with Crippen LogP contribution in [-0.4, -0.2) is 15.8 Å². The molecule has 1 rings (SSSR count). The Bertz CT molecular complexity index is 196. The summed E-state index contributed by atoms with van der Waals surface area (Å²) < 4.78 is 0. The summed E-state index contributed by atoms with van der Waals surface area (Å²) in [5, 5.41) is 12.9. The topological polar surface area (TPSA) is 52.9 Å². The van der Waals surface area contributed by atoms with Crippen molar-refractivity contribution in [3.63, 3.8) is 0 Å². The highest BCUT2D eigenvalue weighted by atomic mass is 16.4. The second-order valence-corrected chi connectivity index (χ2v) is 2.22. The largest absolute Gasteiger partial charge is 0.366 e. The van der Waals surface area contributed by atoms with E-state index in [1.807, 2.05) is 0 Å². The fourth-order valence-corrected chi connectivity index (χ4v) is 0.706. The third-order valence-corrected chi connectivity index (χ3v) is 1.30. The average molecular weight is 140 g/mol. The molecule has 4 nitrogen and oxygen atoms in total. The molecule has 1 heterocycles. The third kappa shape index (κ3) is 1.06. The lowest BCUT2D eigenvalue weighted by Crippen LogP contribution is -2.38. The summed E-state index contributed by atoms with van der Waals surface area (Å²) in [5.74, 6) is 0. The molecular formula is C6H8N2O2. The standard InChI is InChI=1S/C6H8N2O2/c1-6(9)4-2-3-5-8(6)7-10/h2-5,9H,1H3. The Balaban J connectivity index is 2.84. The number of nitroso groups, excluding NO2 is 1. The van der Waals surface area contributed by atoms with Crippen LogP contribution >= 0.6 is 0 Å². The molecule has 0 aromatic rings. The van der Waals surface area contributed by atoms with Gasteiger partial charge in [0.25, 0.3) is 0 Å². The molecule has 1 N–H and O–H groups in total. The Labute approximate surface area is 58.4 Å². The van der Waals surface area contributed by atoms with Gasteiger partial charge < -0.3 is 5.11 Å². The Morgan fingerprint density at radius 3 is 2.70 bits per heavy atom. The maximum Gasteiger partial charge on any atom is 0.177 e. The van der Waals surface area contributed by atoms with Crippen molar-refractivity contribution in [2.24, 2.45) is 5.29 Å². The van der Waals surface area contributed by atoms with Gasteiger partial charge in [0.1, 0.15) is 0 Å². The molecule has 1 atom stereocenters. The third-order valence-electron chi connectivity index (χ3n) is 1.30. The highest BCUT2D eigenvalue weighted by Gasteiger charge is 2.25. The average Bonchev–Trinajstić information content (AvgIpc) is 1.87. The van der Waals surface area contributed by atoms with Gasteiger partial charge in [0.2, 0.25) is 0 Å². The number of hydrogen-bond donors (Lipinski definition) is 1. The molecule has 0 radical (unpaired) electrons. The van der Waals surface area contributed by atoms with Crippen LogP contribution in [0.2, 0.25) is 0 Å². The Hall–Kier alpha value is -1.16. The minimum Gasteiger partial charge on any atom is -0.366 e. The molecular weight excluding hydrogens is 132 g/mol. The van der Waals surface area contributed by atoms with E-state index in [4.69, 9.17) is 0 Å². The van der Waals surface area contributed by atoms with E-state index in [2.05, 4.69) is 5.29 Å². The van der Waals surface area contributed by atoms with Crippen molar-refractivity contribution in [3.05, 3.63) is 29.3 Å². The summed E-state index contributed by atoms with van der Waals surface area (Å²) in [6, 6.07) is 0. The van der Waals surface area contributed by atoms with E-state index in [-0.39, 0.29) is 0 Å². The molecule has 4 heteroatoms. The van der Waals surface area contributed by atoms with Gasteiger partial charge >= 0.3 is 0 Å². The molecule has 1 aliphatic rings. The molecule has 0 amide bonds. The minimum absolute atomic E-state index is 0.938. The monoisotopic (exact) mass is 140 g/mol. The zero-order valence-electron chi connectivity index (χ0n) is 5.56. The summed E-state index contributed by atoms with van der Waals surface area (Å²) in [7, 11) is 0. The maximum atomic E-state index is 10.0. The number of allylic oxidation sites excluding steroid dienone is 2. The SMILES string of the molecule is CC1(O)C=CC=CN1N=O. The molecule has 0 aromatic carbocycles. The molecule has 0 saturated heterocycles. The second kappa shape index (κ2) is 2.22. The molecule has 0 aromatic heterocycles. The highest BCUT2D eigenvalue weighted by molar-refractivity contribution is 5.14. The molecule has 0 fully saturated rings. The summed E-state index contributed by atoms with van der Waals surface area (Å²) in [5.41, 5.74) is -1.27. The van der Waals surface area contributed by atoms with E-state index in [0.29, 0.717) is 0 Å². The van der Waals surface area contributed by atoms with Crippen molar-refractivity contribution >= 4 is 0 Å². The van der Waals surface area contributed by atoms with Gasteiger partial charge in [-0.2, -0.15) is 0 Å². The van der Waals surface area contributed by atoms with Gasteiger partial charge in [-0.05, 0) is 19.1 Å². The number of rotatable bonds is 1. The van der Waals surface area contributed by atoms with E-state index >= 15 is 0 Å². The molecule has 10 heavy (non-hydrogen) atoms. The first-order valence-corrected chi connectivity index (χ1v) is 2.88. The van der Waals surface area contributed by atoms with Crippen LogP contribution in [0.15, 0.2) is 29.7 Å². The first kappa shape index (κ1) is 6.95. The zero-order valence-corrected chi connectivity index (χ0v) is 5.56. The smallest absolute Gasteiger partial charge is 0.177 e. The molecule has 0 saturated carbocycles. The van der Waals surface area contributed by atoms with Crippen LogP contribution in [0.5, 0.6) is 0 Å². The fraction of sp³-hybridized carbons (Fsp3) is 0.333. The zero-order chi connectivity index (χ0) is 7.61. The van der Waals surface area contributed by atoms with Crippen molar-refractivity contribution in [1.29, 1.82) is 0 Å². The molecule has 1 aliphatic heterocycles. The molecule has 54 valence electrons. The van der Waals surface area contributed by atoms with E-state index in [0.717, 1.165) is 5.01 Å². The van der Waals surface area contributed by atoms with Crippen molar-refractivity contribution in [2.45, 2.75) is 12.6 Å². The van der Waals surface area contributed by atoms with Crippen molar-refractivity contribution in [1.82, 2.24) is 5.01 Å². The van der Waals surface area contributed by atoms with Gasteiger partial charge in [-0.25, -0.2) is 5.01 Å². The Morgan fingerprint density at radius 2 is 2.30 bits per heavy atom. The van der Waals surface area contributed by atoms with E-state index in [1.54, 1.807) is 12.2 Å². The second-order valence-electron chi connectivity index (χ2n) is 2.22. The van der Waals surface area contributed by atoms with Gasteiger partial charge in [0.15, 0.2) is 5.72 Å². The van der Waals surface area contributed by atoms with Crippen LogP contribution in [0.1, 0.15) is 6.92 Å². The van der Waals surface area contributed by atoms with E-state index in [9.17, 15) is 10.0 Å². The normalized spacial score (nSPS) is 30.8. The quantitative estimate of drug-likeness (QED) is 0.547. The summed E-state index contributed by atoms with van der Waals surface area (Å²) in [6.07, 6.45) is 6.17. The lowest BCUT2D eigenvalue weighted by Gasteiger charge is -2.27. The first-order chi connectivity index (χ1) is 4.67. The minimum atomic E-state index is -1.27. The van der Waals surface area contributed by atoms with Gasteiger partial charge in [0, 0.05) is 6.20 Å². The van der Waals surface area contributed by atoms with Gasteiger partial charge in [0.05, 0.1) is 5.29 Å². The van der Waals surface area contributed by atoms with Crippen LogP contribution in [0, 0.1) is 4.91 Å². The summed E-state index contributed by atoms with van der Waals surface area (Å²) in [4.78, 5) is 10.0. The fourth-order valence-electron chi connectivity index (χ4n) is 0.706. The lowest BCUT2D eigenvalue weighted by atomic mass is 10.2. The molecule has 1 unspecified atom stereocenters. The number of aliphatic hydroxyl groups is 1. The predicted molar refractivity (Wildman–Crippen MR) is 36.5 cm³/mol. The molecule has 0 spiro atoms. The van der Waals surface area contributed by atoms with Gasteiger partial charge in [-0.15, -0.1) is 4.91 Å². The summed E-state index contributed by atoms with van der Waals surface area (Å²) >= 11 is 0.